The summed E-state index contributed by atoms with van der Waals surface area (Å²) in [7, 11) is 0. The van der Waals surface area contributed by atoms with Gasteiger partial charge in [0.25, 0.3) is 0 Å². The summed E-state index contributed by atoms with van der Waals surface area (Å²) in [5.41, 5.74) is 6.67. The standard InChI is InChI=1S/C17H27NO2/c1-2-3-5-12-15(17(18)20)16(19)13-8-11-14-9-6-4-7-10-14/h4,6-7,9-10,15-16,19H,2-3,5,8,11-13H2,1H3,(H2,18,20). The molecule has 0 aliphatic heterocycles. The number of primary amides is 1. The first-order chi connectivity index (χ1) is 9.65. The molecule has 0 bridgehead atoms. The van der Waals surface area contributed by atoms with Crippen molar-refractivity contribution in [2.24, 2.45) is 11.7 Å². The molecule has 2 atom stereocenters. The highest BCUT2D eigenvalue weighted by atomic mass is 16.3. The molecule has 0 saturated carbocycles. The third-order valence-electron chi connectivity index (χ3n) is 3.76. The van der Waals surface area contributed by atoms with Crippen LogP contribution in [0, 0.1) is 5.92 Å². The topological polar surface area (TPSA) is 63.3 Å². The smallest absolute Gasteiger partial charge is 0.223 e. The van der Waals surface area contributed by atoms with Crippen LogP contribution in [0.2, 0.25) is 0 Å². The zero-order valence-electron chi connectivity index (χ0n) is 12.4. The van der Waals surface area contributed by atoms with Gasteiger partial charge in [-0.05, 0) is 31.2 Å². The number of rotatable bonds is 10. The third-order valence-corrected chi connectivity index (χ3v) is 3.76. The summed E-state index contributed by atoms with van der Waals surface area (Å²) in [4.78, 5) is 11.4. The van der Waals surface area contributed by atoms with E-state index in [-0.39, 0.29) is 5.91 Å². The van der Waals surface area contributed by atoms with Gasteiger partial charge < -0.3 is 10.8 Å². The molecule has 0 aliphatic carbocycles. The Bertz CT molecular complexity index is 378. The predicted octanol–water partition coefficient (Wildman–Crippen LogP) is 3.05. The number of aliphatic hydroxyl groups excluding tert-OH is 1. The van der Waals surface area contributed by atoms with E-state index in [4.69, 9.17) is 5.73 Å². The van der Waals surface area contributed by atoms with Crippen LogP contribution in [0.5, 0.6) is 0 Å². The van der Waals surface area contributed by atoms with E-state index in [1.54, 1.807) is 0 Å². The van der Waals surface area contributed by atoms with E-state index in [1.807, 2.05) is 18.2 Å². The molecular weight excluding hydrogens is 250 g/mol. The maximum Gasteiger partial charge on any atom is 0.223 e. The predicted molar refractivity (Wildman–Crippen MR) is 82.2 cm³/mol. The minimum Gasteiger partial charge on any atom is -0.392 e. The van der Waals surface area contributed by atoms with Crippen molar-refractivity contribution >= 4 is 5.91 Å². The molecule has 1 rings (SSSR count). The lowest BCUT2D eigenvalue weighted by atomic mass is 9.91. The Kier molecular flexibility index (Phi) is 7.97. The van der Waals surface area contributed by atoms with Gasteiger partial charge in [-0.3, -0.25) is 4.79 Å². The SMILES string of the molecule is CCCCCC(C(N)=O)C(O)CCCc1ccccc1. The number of carbonyl (C=O) groups is 1. The van der Waals surface area contributed by atoms with Crippen molar-refractivity contribution in [1.29, 1.82) is 0 Å². The van der Waals surface area contributed by atoms with Crippen LogP contribution in [-0.4, -0.2) is 17.1 Å². The molecule has 0 radical (unpaired) electrons. The molecule has 0 aromatic heterocycles. The Morgan fingerprint density at radius 2 is 1.85 bits per heavy atom. The second kappa shape index (κ2) is 9.54. The first-order valence-electron chi connectivity index (χ1n) is 7.66. The van der Waals surface area contributed by atoms with Gasteiger partial charge in [0.05, 0.1) is 12.0 Å². The first kappa shape index (κ1) is 16.7. The normalized spacial score (nSPS) is 13.9. The third kappa shape index (κ3) is 6.20. The average Bonchev–Trinajstić information content (AvgIpc) is 2.44. The molecule has 2 unspecified atom stereocenters. The summed E-state index contributed by atoms with van der Waals surface area (Å²) in [6.07, 6.45) is 5.69. The van der Waals surface area contributed by atoms with Gasteiger partial charge in [-0.2, -0.15) is 0 Å². The van der Waals surface area contributed by atoms with Crippen LogP contribution in [0.1, 0.15) is 51.0 Å². The van der Waals surface area contributed by atoms with Crippen molar-refractivity contribution in [1.82, 2.24) is 0 Å². The van der Waals surface area contributed by atoms with Crippen LogP contribution < -0.4 is 5.73 Å². The molecule has 0 saturated heterocycles. The number of hydrogen-bond acceptors (Lipinski definition) is 2. The van der Waals surface area contributed by atoms with Gasteiger partial charge >= 0.3 is 0 Å². The lowest BCUT2D eigenvalue weighted by Gasteiger charge is -2.20. The number of amides is 1. The molecular formula is C17H27NO2. The Labute approximate surface area is 122 Å². The minimum absolute atomic E-state index is 0.367. The van der Waals surface area contributed by atoms with Gasteiger partial charge in [-0.1, -0.05) is 56.5 Å². The maximum atomic E-state index is 11.4. The number of unbranched alkanes of at least 4 members (excludes halogenated alkanes) is 2. The van der Waals surface area contributed by atoms with Crippen molar-refractivity contribution < 1.29 is 9.90 Å². The first-order valence-corrected chi connectivity index (χ1v) is 7.66. The maximum absolute atomic E-state index is 11.4. The number of aryl methyl sites for hydroxylation is 1. The van der Waals surface area contributed by atoms with Crippen LogP contribution in [0.15, 0.2) is 30.3 Å². The molecule has 3 N–H and O–H groups in total. The number of nitrogens with two attached hydrogens (primary N) is 1. The number of benzene rings is 1. The van der Waals surface area contributed by atoms with Crippen LogP contribution in [0.3, 0.4) is 0 Å². The van der Waals surface area contributed by atoms with Crippen LogP contribution in [-0.2, 0) is 11.2 Å². The molecule has 3 heteroatoms. The summed E-state index contributed by atoms with van der Waals surface area (Å²) < 4.78 is 0. The number of aliphatic hydroxyl groups is 1. The van der Waals surface area contributed by atoms with E-state index < -0.39 is 12.0 Å². The minimum atomic E-state index is -0.604. The molecule has 0 fully saturated rings. The van der Waals surface area contributed by atoms with Gasteiger partial charge in [-0.15, -0.1) is 0 Å². The van der Waals surface area contributed by atoms with E-state index in [1.165, 1.54) is 5.56 Å². The van der Waals surface area contributed by atoms with Crippen LogP contribution in [0.4, 0.5) is 0 Å². The van der Waals surface area contributed by atoms with Crippen LogP contribution >= 0.6 is 0 Å². The lowest BCUT2D eigenvalue weighted by Crippen LogP contribution is -2.33. The monoisotopic (exact) mass is 277 g/mol. The van der Waals surface area contributed by atoms with E-state index in [2.05, 4.69) is 19.1 Å². The molecule has 0 aliphatic rings. The Morgan fingerprint density at radius 1 is 1.15 bits per heavy atom. The molecule has 112 valence electrons. The summed E-state index contributed by atoms with van der Waals surface area (Å²) in [5.74, 6) is -0.759. The largest absolute Gasteiger partial charge is 0.392 e. The fourth-order valence-electron chi connectivity index (χ4n) is 2.50. The highest BCUT2D eigenvalue weighted by Gasteiger charge is 2.23. The molecule has 1 aromatic rings. The van der Waals surface area contributed by atoms with E-state index >= 15 is 0 Å². The summed E-state index contributed by atoms with van der Waals surface area (Å²) in [6.45, 7) is 2.12. The van der Waals surface area contributed by atoms with Crippen molar-refractivity contribution in [3.05, 3.63) is 35.9 Å². The second-order valence-corrected chi connectivity index (χ2v) is 5.45. The molecule has 20 heavy (non-hydrogen) atoms. The van der Waals surface area contributed by atoms with Crippen molar-refractivity contribution in [3.63, 3.8) is 0 Å². The second-order valence-electron chi connectivity index (χ2n) is 5.45. The Hall–Kier alpha value is -1.35. The fourth-order valence-corrected chi connectivity index (χ4v) is 2.50. The van der Waals surface area contributed by atoms with Crippen molar-refractivity contribution in [3.8, 4) is 0 Å². The van der Waals surface area contributed by atoms with Gasteiger partial charge in [-0.25, -0.2) is 0 Å². The van der Waals surface area contributed by atoms with Crippen molar-refractivity contribution in [2.75, 3.05) is 0 Å². The van der Waals surface area contributed by atoms with Crippen molar-refractivity contribution in [2.45, 2.75) is 58.0 Å². The van der Waals surface area contributed by atoms with Gasteiger partial charge in [0.1, 0.15) is 0 Å². The van der Waals surface area contributed by atoms with Gasteiger partial charge in [0, 0.05) is 0 Å². The quantitative estimate of drug-likeness (QED) is 0.646. The number of hydrogen-bond donors (Lipinski definition) is 2. The van der Waals surface area contributed by atoms with Crippen LogP contribution in [0.25, 0.3) is 0 Å². The highest BCUT2D eigenvalue weighted by molar-refractivity contribution is 5.77. The van der Waals surface area contributed by atoms with Gasteiger partial charge in [0.2, 0.25) is 5.91 Å². The average molecular weight is 277 g/mol. The zero-order valence-corrected chi connectivity index (χ0v) is 12.4. The van der Waals surface area contributed by atoms with E-state index in [9.17, 15) is 9.90 Å². The van der Waals surface area contributed by atoms with E-state index in [0.717, 1.165) is 32.1 Å². The molecule has 1 aromatic carbocycles. The molecule has 3 nitrogen and oxygen atoms in total. The zero-order chi connectivity index (χ0) is 14.8. The molecule has 1 amide bonds. The fraction of sp³-hybridized carbons (Fsp3) is 0.588. The summed E-state index contributed by atoms with van der Waals surface area (Å²) in [6, 6.07) is 10.2. The molecule has 0 spiro atoms. The molecule has 0 heterocycles. The Morgan fingerprint density at radius 3 is 2.45 bits per heavy atom. The highest BCUT2D eigenvalue weighted by Crippen LogP contribution is 2.18. The lowest BCUT2D eigenvalue weighted by molar-refractivity contribution is -0.125. The number of carbonyl (C=O) groups excluding carboxylic acids is 1. The summed E-state index contributed by atoms with van der Waals surface area (Å²) in [5, 5.41) is 10.2. The van der Waals surface area contributed by atoms with E-state index in [0.29, 0.717) is 12.8 Å². The van der Waals surface area contributed by atoms with Gasteiger partial charge in [0.15, 0.2) is 0 Å². The summed E-state index contributed by atoms with van der Waals surface area (Å²) >= 11 is 0. The Balaban J connectivity index is 2.34.